The van der Waals surface area contributed by atoms with Crippen LogP contribution in [0, 0.1) is 0 Å². The van der Waals surface area contributed by atoms with E-state index in [1.54, 1.807) is 48.5 Å². The van der Waals surface area contributed by atoms with Crippen LogP contribution in [0.1, 0.15) is 17.3 Å². The highest BCUT2D eigenvalue weighted by Gasteiger charge is 2.05. The lowest BCUT2D eigenvalue weighted by atomic mass is 10.1. The Balaban J connectivity index is 1.87. The van der Waals surface area contributed by atoms with Crippen LogP contribution in [0.5, 0.6) is 5.75 Å². The molecular formula is C16H14ClNO3. The number of Topliss-reactive ketones (excluding diaryl/α,β-unsaturated/α-hetero) is 1. The Bertz CT molecular complexity index is 653. The molecule has 2 aromatic carbocycles. The third kappa shape index (κ3) is 4.61. The summed E-state index contributed by atoms with van der Waals surface area (Å²) in [6, 6.07) is 13.5. The second-order valence-electron chi connectivity index (χ2n) is 4.43. The molecule has 0 aromatic heterocycles. The molecule has 0 unspecified atom stereocenters. The van der Waals surface area contributed by atoms with E-state index in [2.05, 4.69) is 5.32 Å². The molecule has 2 aromatic rings. The zero-order valence-electron chi connectivity index (χ0n) is 11.4. The quantitative estimate of drug-likeness (QED) is 0.859. The predicted molar refractivity (Wildman–Crippen MR) is 82.0 cm³/mol. The summed E-state index contributed by atoms with van der Waals surface area (Å²) < 4.78 is 5.35. The molecule has 0 saturated carbocycles. The highest BCUT2D eigenvalue weighted by molar-refractivity contribution is 6.30. The van der Waals surface area contributed by atoms with Gasteiger partial charge in [-0.05, 0) is 49.4 Å². The second-order valence-corrected chi connectivity index (χ2v) is 4.86. The summed E-state index contributed by atoms with van der Waals surface area (Å²) >= 11 is 5.83. The number of ether oxygens (including phenoxy) is 1. The van der Waals surface area contributed by atoms with Crippen LogP contribution in [0.3, 0.4) is 0 Å². The van der Waals surface area contributed by atoms with E-state index in [1.165, 1.54) is 6.92 Å². The fraction of sp³-hybridized carbons (Fsp3) is 0.125. The number of amides is 1. The fourth-order valence-electron chi connectivity index (χ4n) is 1.70. The van der Waals surface area contributed by atoms with Crippen LogP contribution in [-0.4, -0.2) is 18.3 Å². The number of halogens is 1. The number of anilines is 1. The molecule has 0 fully saturated rings. The Kier molecular flexibility index (Phi) is 4.95. The summed E-state index contributed by atoms with van der Waals surface area (Å²) in [6.45, 7) is 1.38. The van der Waals surface area contributed by atoms with Gasteiger partial charge in [-0.2, -0.15) is 0 Å². The molecule has 2 rings (SSSR count). The van der Waals surface area contributed by atoms with E-state index in [0.717, 1.165) is 0 Å². The average molecular weight is 304 g/mol. The SMILES string of the molecule is CC(=O)c1ccc(OCC(=O)Nc2cccc(Cl)c2)cc1. The molecule has 1 N–H and O–H groups in total. The minimum absolute atomic E-state index is 0.0137. The lowest BCUT2D eigenvalue weighted by Gasteiger charge is -2.08. The van der Waals surface area contributed by atoms with Gasteiger partial charge >= 0.3 is 0 Å². The minimum atomic E-state index is -0.284. The molecule has 4 nitrogen and oxygen atoms in total. The largest absolute Gasteiger partial charge is 0.484 e. The van der Waals surface area contributed by atoms with Gasteiger partial charge in [0.1, 0.15) is 5.75 Å². The molecule has 1 amide bonds. The van der Waals surface area contributed by atoms with Crippen LogP contribution >= 0.6 is 11.6 Å². The number of hydrogen-bond donors (Lipinski definition) is 1. The van der Waals surface area contributed by atoms with Gasteiger partial charge in [-0.3, -0.25) is 9.59 Å². The lowest BCUT2D eigenvalue weighted by molar-refractivity contribution is -0.118. The highest BCUT2D eigenvalue weighted by Crippen LogP contribution is 2.15. The Hall–Kier alpha value is -2.33. The van der Waals surface area contributed by atoms with Crippen LogP contribution < -0.4 is 10.1 Å². The van der Waals surface area contributed by atoms with E-state index < -0.39 is 0 Å². The van der Waals surface area contributed by atoms with Crippen LogP contribution in [0.4, 0.5) is 5.69 Å². The van der Waals surface area contributed by atoms with E-state index in [-0.39, 0.29) is 18.3 Å². The van der Waals surface area contributed by atoms with Crippen molar-refractivity contribution in [3.8, 4) is 5.75 Å². The van der Waals surface area contributed by atoms with Crippen molar-refractivity contribution in [1.29, 1.82) is 0 Å². The summed E-state index contributed by atoms with van der Waals surface area (Å²) in [5, 5.41) is 3.23. The molecule has 0 saturated heterocycles. The summed E-state index contributed by atoms with van der Waals surface area (Å²) in [7, 11) is 0. The monoisotopic (exact) mass is 303 g/mol. The first-order chi connectivity index (χ1) is 10.0. The van der Waals surface area contributed by atoms with Gasteiger partial charge in [0, 0.05) is 16.3 Å². The maximum Gasteiger partial charge on any atom is 0.262 e. The Morgan fingerprint density at radius 1 is 1.14 bits per heavy atom. The Morgan fingerprint density at radius 3 is 2.48 bits per heavy atom. The van der Waals surface area contributed by atoms with Gasteiger partial charge in [-0.1, -0.05) is 17.7 Å². The van der Waals surface area contributed by atoms with Gasteiger partial charge in [-0.25, -0.2) is 0 Å². The lowest BCUT2D eigenvalue weighted by Crippen LogP contribution is -2.20. The van der Waals surface area contributed by atoms with Crippen LogP contribution in [0.25, 0.3) is 0 Å². The van der Waals surface area contributed by atoms with Crippen molar-refractivity contribution >= 4 is 29.0 Å². The van der Waals surface area contributed by atoms with Gasteiger partial charge in [0.05, 0.1) is 0 Å². The Morgan fingerprint density at radius 2 is 1.86 bits per heavy atom. The number of ketones is 1. The van der Waals surface area contributed by atoms with Crippen molar-refractivity contribution < 1.29 is 14.3 Å². The first-order valence-corrected chi connectivity index (χ1v) is 6.71. The van der Waals surface area contributed by atoms with Gasteiger partial charge in [-0.15, -0.1) is 0 Å². The number of hydrogen-bond acceptors (Lipinski definition) is 3. The topological polar surface area (TPSA) is 55.4 Å². The normalized spacial score (nSPS) is 10.0. The van der Waals surface area contributed by atoms with Gasteiger partial charge < -0.3 is 10.1 Å². The van der Waals surface area contributed by atoms with Gasteiger partial charge in [0.2, 0.25) is 0 Å². The molecule has 108 valence electrons. The maximum atomic E-state index is 11.7. The van der Waals surface area contributed by atoms with Crippen molar-refractivity contribution in [3.63, 3.8) is 0 Å². The summed E-state index contributed by atoms with van der Waals surface area (Å²) in [5.74, 6) is 0.231. The first-order valence-electron chi connectivity index (χ1n) is 6.34. The van der Waals surface area contributed by atoms with Crippen LogP contribution in [0.15, 0.2) is 48.5 Å². The molecular weight excluding hydrogens is 290 g/mol. The average Bonchev–Trinajstić information content (AvgIpc) is 2.45. The maximum absolute atomic E-state index is 11.7. The Labute approximate surface area is 127 Å². The molecule has 0 atom stereocenters. The number of carbonyl (C=O) groups excluding carboxylic acids is 2. The molecule has 0 aliphatic carbocycles. The van der Waals surface area contributed by atoms with Crippen molar-refractivity contribution in [1.82, 2.24) is 0 Å². The molecule has 0 aliphatic heterocycles. The summed E-state index contributed by atoms with van der Waals surface area (Å²) in [6.07, 6.45) is 0. The number of benzene rings is 2. The zero-order chi connectivity index (χ0) is 15.2. The predicted octanol–water partition coefficient (Wildman–Crippen LogP) is 3.56. The van der Waals surface area contributed by atoms with E-state index in [1.807, 2.05) is 0 Å². The molecule has 0 bridgehead atoms. The minimum Gasteiger partial charge on any atom is -0.484 e. The molecule has 0 heterocycles. The second kappa shape index (κ2) is 6.90. The molecule has 0 spiro atoms. The molecule has 0 aliphatic rings. The van der Waals surface area contributed by atoms with E-state index >= 15 is 0 Å². The third-order valence-electron chi connectivity index (χ3n) is 2.74. The van der Waals surface area contributed by atoms with Crippen molar-refractivity contribution in [3.05, 3.63) is 59.1 Å². The molecule has 5 heteroatoms. The fourth-order valence-corrected chi connectivity index (χ4v) is 1.89. The number of carbonyl (C=O) groups is 2. The number of nitrogens with one attached hydrogen (secondary N) is 1. The van der Waals surface area contributed by atoms with Crippen molar-refractivity contribution in [2.24, 2.45) is 0 Å². The first kappa shape index (κ1) is 15.1. The summed E-state index contributed by atoms with van der Waals surface area (Å²) in [4.78, 5) is 22.9. The summed E-state index contributed by atoms with van der Waals surface area (Å²) in [5.41, 5.74) is 1.22. The van der Waals surface area contributed by atoms with Crippen LogP contribution in [-0.2, 0) is 4.79 Å². The number of rotatable bonds is 5. The smallest absolute Gasteiger partial charge is 0.262 e. The zero-order valence-corrected chi connectivity index (χ0v) is 12.2. The van der Waals surface area contributed by atoms with E-state index in [9.17, 15) is 9.59 Å². The van der Waals surface area contributed by atoms with E-state index in [4.69, 9.17) is 16.3 Å². The standard InChI is InChI=1S/C16H14ClNO3/c1-11(19)12-5-7-15(8-6-12)21-10-16(20)18-14-4-2-3-13(17)9-14/h2-9H,10H2,1H3,(H,18,20). The molecule has 0 radical (unpaired) electrons. The van der Waals surface area contributed by atoms with E-state index in [0.29, 0.717) is 22.0 Å². The third-order valence-corrected chi connectivity index (χ3v) is 2.97. The van der Waals surface area contributed by atoms with Crippen molar-refractivity contribution in [2.45, 2.75) is 6.92 Å². The highest BCUT2D eigenvalue weighted by atomic mass is 35.5. The van der Waals surface area contributed by atoms with Crippen LogP contribution in [0.2, 0.25) is 5.02 Å². The molecule has 21 heavy (non-hydrogen) atoms. The van der Waals surface area contributed by atoms with Gasteiger partial charge in [0.15, 0.2) is 12.4 Å². The van der Waals surface area contributed by atoms with Gasteiger partial charge in [0.25, 0.3) is 5.91 Å². The van der Waals surface area contributed by atoms with Crippen molar-refractivity contribution in [2.75, 3.05) is 11.9 Å².